The van der Waals surface area contributed by atoms with Gasteiger partial charge in [0, 0.05) is 13.2 Å². The number of rotatable bonds is 5. The minimum absolute atomic E-state index is 0.0578. The Hall–Kier alpha value is -0.570. The van der Waals surface area contributed by atoms with Crippen molar-refractivity contribution in [3.05, 3.63) is 0 Å². The van der Waals surface area contributed by atoms with Crippen molar-refractivity contribution >= 4 is 5.91 Å². The molecule has 0 spiro atoms. The van der Waals surface area contributed by atoms with E-state index in [1.807, 2.05) is 0 Å². The topological polar surface area (TPSA) is 49.3 Å². The van der Waals surface area contributed by atoms with E-state index in [9.17, 15) is 4.79 Å². The lowest BCUT2D eigenvalue weighted by Crippen LogP contribution is -2.57. The zero-order chi connectivity index (χ0) is 14.4. The molecule has 4 rings (SSSR count). The summed E-state index contributed by atoms with van der Waals surface area (Å²) >= 11 is 0. The monoisotopic (exact) mass is 279 g/mol. The molecule has 4 aliphatic carbocycles. The fourth-order valence-corrected chi connectivity index (χ4v) is 5.76. The summed E-state index contributed by atoms with van der Waals surface area (Å²) in [6.07, 6.45) is 8.19. The van der Waals surface area contributed by atoms with Crippen molar-refractivity contribution in [3.8, 4) is 0 Å². The molecular formula is C17H29NO2. The quantitative estimate of drug-likeness (QED) is 0.813. The van der Waals surface area contributed by atoms with Gasteiger partial charge in [-0.3, -0.25) is 4.79 Å². The molecule has 3 unspecified atom stereocenters. The van der Waals surface area contributed by atoms with Crippen molar-refractivity contribution in [3.63, 3.8) is 0 Å². The van der Waals surface area contributed by atoms with E-state index in [1.165, 1.54) is 19.3 Å². The molecule has 3 heteroatoms. The molecule has 3 atom stereocenters. The number of hydrogen-bond donors (Lipinski definition) is 2. The van der Waals surface area contributed by atoms with Crippen molar-refractivity contribution in [1.82, 2.24) is 5.32 Å². The first-order valence-electron chi connectivity index (χ1n) is 8.34. The van der Waals surface area contributed by atoms with Gasteiger partial charge in [-0.05, 0) is 68.1 Å². The van der Waals surface area contributed by atoms with Crippen LogP contribution >= 0.6 is 0 Å². The summed E-state index contributed by atoms with van der Waals surface area (Å²) in [6, 6.07) is 0. The minimum Gasteiger partial charge on any atom is -0.396 e. The molecule has 114 valence electrons. The highest BCUT2D eigenvalue weighted by Gasteiger charge is 2.58. The Bertz CT molecular complexity index is 378. The maximum absolute atomic E-state index is 12.8. The molecule has 3 nitrogen and oxygen atoms in total. The van der Waals surface area contributed by atoms with Crippen LogP contribution in [0.3, 0.4) is 0 Å². The van der Waals surface area contributed by atoms with E-state index in [0.29, 0.717) is 23.8 Å². The van der Waals surface area contributed by atoms with E-state index in [2.05, 4.69) is 19.2 Å². The van der Waals surface area contributed by atoms with Gasteiger partial charge in [0.2, 0.25) is 5.91 Å². The molecule has 0 aromatic carbocycles. The fourth-order valence-electron chi connectivity index (χ4n) is 5.76. The van der Waals surface area contributed by atoms with Crippen LogP contribution in [0.15, 0.2) is 0 Å². The molecular weight excluding hydrogens is 250 g/mol. The average molecular weight is 279 g/mol. The largest absolute Gasteiger partial charge is 0.396 e. The zero-order valence-electron chi connectivity index (χ0n) is 13.0. The van der Waals surface area contributed by atoms with Crippen LogP contribution < -0.4 is 5.32 Å². The predicted molar refractivity (Wildman–Crippen MR) is 79.1 cm³/mol. The van der Waals surface area contributed by atoms with Crippen LogP contribution in [0.1, 0.15) is 58.8 Å². The van der Waals surface area contributed by atoms with Gasteiger partial charge in [0.15, 0.2) is 0 Å². The van der Waals surface area contributed by atoms with Gasteiger partial charge in [0.05, 0.1) is 5.41 Å². The van der Waals surface area contributed by atoms with Crippen LogP contribution in [-0.2, 0) is 4.79 Å². The summed E-state index contributed by atoms with van der Waals surface area (Å²) in [4.78, 5) is 12.8. The van der Waals surface area contributed by atoms with Gasteiger partial charge in [-0.2, -0.15) is 0 Å². The summed E-state index contributed by atoms with van der Waals surface area (Å²) in [6.45, 7) is 5.43. The highest BCUT2D eigenvalue weighted by molar-refractivity contribution is 5.83. The number of hydrogen-bond acceptors (Lipinski definition) is 2. The van der Waals surface area contributed by atoms with Crippen LogP contribution in [-0.4, -0.2) is 24.2 Å². The van der Waals surface area contributed by atoms with Gasteiger partial charge < -0.3 is 10.4 Å². The Morgan fingerprint density at radius 2 is 1.95 bits per heavy atom. The lowest BCUT2D eigenvalue weighted by molar-refractivity contribution is -0.155. The lowest BCUT2D eigenvalue weighted by atomic mass is 9.44. The van der Waals surface area contributed by atoms with Crippen molar-refractivity contribution < 1.29 is 9.90 Å². The summed E-state index contributed by atoms with van der Waals surface area (Å²) in [5.74, 6) is 2.26. The molecule has 0 heterocycles. The van der Waals surface area contributed by atoms with Crippen molar-refractivity contribution in [2.45, 2.75) is 58.8 Å². The van der Waals surface area contributed by atoms with Gasteiger partial charge in [-0.25, -0.2) is 0 Å². The summed E-state index contributed by atoms with van der Waals surface area (Å²) in [5, 5.41) is 12.1. The Morgan fingerprint density at radius 3 is 2.50 bits per heavy atom. The van der Waals surface area contributed by atoms with Gasteiger partial charge in [0.25, 0.3) is 0 Å². The van der Waals surface area contributed by atoms with Gasteiger partial charge in [-0.1, -0.05) is 13.8 Å². The van der Waals surface area contributed by atoms with Crippen LogP contribution in [0, 0.1) is 28.6 Å². The SMILES string of the molecule is CC(CCO)CNC(=O)C12CC3CC(CC(C)(C3)C1)C2. The number of amides is 1. The Labute approximate surface area is 122 Å². The Kier molecular flexibility index (Phi) is 3.60. The van der Waals surface area contributed by atoms with E-state index >= 15 is 0 Å². The summed E-state index contributed by atoms with van der Waals surface area (Å²) in [7, 11) is 0. The van der Waals surface area contributed by atoms with Gasteiger partial charge in [0.1, 0.15) is 0 Å². The molecule has 4 bridgehead atoms. The Balaban J connectivity index is 1.65. The van der Waals surface area contributed by atoms with Crippen LogP contribution in [0.4, 0.5) is 0 Å². The molecule has 20 heavy (non-hydrogen) atoms. The zero-order valence-corrected chi connectivity index (χ0v) is 13.0. The fraction of sp³-hybridized carbons (Fsp3) is 0.941. The van der Waals surface area contributed by atoms with Crippen LogP contribution in [0.5, 0.6) is 0 Å². The highest BCUT2D eigenvalue weighted by atomic mass is 16.3. The second-order valence-electron chi connectivity index (χ2n) is 8.38. The van der Waals surface area contributed by atoms with E-state index in [-0.39, 0.29) is 12.0 Å². The van der Waals surface area contributed by atoms with E-state index in [4.69, 9.17) is 5.11 Å². The first-order valence-corrected chi connectivity index (χ1v) is 8.34. The first kappa shape index (κ1) is 14.4. The molecule has 0 radical (unpaired) electrons. The maximum atomic E-state index is 12.8. The Morgan fingerprint density at radius 1 is 1.30 bits per heavy atom. The predicted octanol–water partition coefficient (Wildman–Crippen LogP) is 2.73. The molecule has 1 amide bonds. The number of carbonyl (C=O) groups is 1. The standard InChI is InChI=1S/C17H29NO2/c1-12(3-4-19)10-18-15(20)17-8-13-5-14(9-17)7-16(2,6-13)11-17/h12-14,19H,3-11H2,1-2H3,(H,18,20). The number of nitrogens with one attached hydrogen (secondary N) is 1. The average Bonchev–Trinajstić information content (AvgIpc) is 2.33. The molecule has 4 saturated carbocycles. The molecule has 0 aliphatic heterocycles. The van der Waals surface area contributed by atoms with E-state index in [1.54, 1.807) is 0 Å². The molecule has 4 fully saturated rings. The van der Waals surface area contributed by atoms with Gasteiger partial charge >= 0.3 is 0 Å². The smallest absolute Gasteiger partial charge is 0.226 e. The molecule has 4 aliphatic rings. The van der Waals surface area contributed by atoms with E-state index in [0.717, 1.165) is 37.5 Å². The van der Waals surface area contributed by atoms with Crippen LogP contribution in [0.25, 0.3) is 0 Å². The third-order valence-electron chi connectivity index (χ3n) is 6.07. The number of carbonyl (C=O) groups excluding carboxylic acids is 1. The normalized spacial score (nSPS) is 43.5. The van der Waals surface area contributed by atoms with E-state index < -0.39 is 0 Å². The van der Waals surface area contributed by atoms with Crippen molar-refractivity contribution in [2.75, 3.05) is 13.2 Å². The second kappa shape index (κ2) is 5.01. The molecule has 0 saturated heterocycles. The van der Waals surface area contributed by atoms with Crippen molar-refractivity contribution in [1.29, 1.82) is 0 Å². The second-order valence-corrected chi connectivity index (χ2v) is 8.38. The molecule has 0 aromatic heterocycles. The summed E-state index contributed by atoms with van der Waals surface area (Å²) in [5.41, 5.74) is 0.371. The van der Waals surface area contributed by atoms with Gasteiger partial charge in [-0.15, -0.1) is 0 Å². The maximum Gasteiger partial charge on any atom is 0.226 e. The van der Waals surface area contributed by atoms with Crippen LogP contribution in [0.2, 0.25) is 0 Å². The third-order valence-corrected chi connectivity index (χ3v) is 6.07. The summed E-state index contributed by atoms with van der Waals surface area (Å²) < 4.78 is 0. The third kappa shape index (κ3) is 2.49. The lowest BCUT2D eigenvalue weighted by Gasteiger charge is -2.60. The number of aliphatic hydroxyl groups is 1. The first-order chi connectivity index (χ1) is 9.45. The highest BCUT2D eigenvalue weighted by Crippen LogP contribution is 2.65. The minimum atomic E-state index is -0.0578. The number of aliphatic hydroxyl groups excluding tert-OH is 1. The molecule has 2 N–H and O–H groups in total. The van der Waals surface area contributed by atoms with Crippen molar-refractivity contribution in [2.24, 2.45) is 28.6 Å². The molecule has 0 aromatic rings.